The Balaban J connectivity index is 1.39. The Morgan fingerprint density at radius 2 is 1.89 bits per heavy atom. The third kappa shape index (κ3) is 4.61. The molecule has 0 aliphatic carbocycles. The number of fused-ring (bicyclic) bond motifs is 1. The van der Waals surface area contributed by atoms with Crippen LogP contribution in [0.1, 0.15) is 29.6 Å². The van der Waals surface area contributed by atoms with Crippen molar-refractivity contribution in [2.75, 3.05) is 25.5 Å². The first kappa shape index (κ1) is 23.4. The van der Waals surface area contributed by atoms with Gasteiger partial charge in [0.2, 0.25) is 5.91 Å². The summed E-state index contributed by atoms with van der Waals surface area (Å²) in [6, 6.07) is 11.9. The molecule has 186 valence electrons. The lowest BCUT2D eigenvalue weighted by Gasteiger charge is -2.26. The lowest BCUT2D eigenvalue weighted by atomic mass is 10.1. The Morgan fingerprint density at radius 3 is 2.61 bits per heavy atom. The van der Waals surface area contributed by atoms with E-state index < -0.39 is 5.76 Å². The Morgan fingerprint density at radius 1 is 1.08 bits per heavy atom. The van der Waals surface area contributed by atoms with Gasteiger partial charge in [-0.3, -0.25) is 18.8 Å². The van der Waals surface area contributed by atoms with Crippen LogP contribution in [0.15, 0.2) is 57.9 Å². The van der Waals surface area contributed by atoms with Gasteiger partial charge in [0, 0.05) is 43.1 Å². The molecule has 1 aliphatic heterocycles. The summed E-state index contributed by atoms with van der Waals surface area (Å²) in [6.45, 7) is 1.30. The number of piperidine rings is 1. The van der Waals surface area contributed by atoms with Crippen LogP contribution in [0, 0.1) is 0 Å². The highest BCUT2D eigenvalue weighted by Gasteiger charge is 2.20. The highest BCUT2D eigenvalue weighted by molar-refractivity contribution is 6.05. The van der Waals surface area contributed by atoms with Crippen LogP contribution in [-0.2, 0) is 18.4 Å². The molecule has 2 aromatic heterocycles. The number of hydrogen-bond acceptors (Lipinski definition) is 6. The van der Waals surface area contributed by atoms with Gasteiger partial charge in [0.15, 0.2) is 5.58 Å². The van der Waals surface area contributed by atoms with E-state index >= 15 is 0 Å². The van der Waals surface area contributed by atoms with Crippen LogP contribution in [0.2, 0.25) is 0 Å². The quantitative estimate of drug-likeness (QED) is 0.445. The van der Waals surface area contributed by atoms with Gasteiger partial charge < -0.3 is 19.4 Å². The number of likely N-dealkylation sites (tertiary alicyclic amines) is 1. The first-order chi connectivity index (χ1) is 17.4. The van der Waals surface area contributed by atoms with Crippen molar-refractivity contribution < 1.29 is 18.7 Å². The number of hydrogen-bond donors (Lipinski definition) is 1. The monoisotopic (exact) mass is 489 g/mol. The van der Waals surface area contributed by atoms with Gasteiger partial charge in [-0.2, -0.15) is 5.10 Å². The fourth-order valence-corrected chi connectivity index (χ4v) is 4.48. The number of carbonyl (C=O) groups is 2. The molecule has 1 saturated heterocycles. The van der Waals surface area contributed by atoms with Gasteiger partial charge in [-0.05, 0) is 61.7 Å². The van der Waals surface area contributed by atoms with Gasteiger partial charge in [-0.15, -0.1) is 0 Å². The number of rotatable bonds is 6. The maximum Gasteiger partial charge on any atom is 0.420 e. The van der Waals surface area contributed by atoms with Gasteiger partial charge >= 0.3 is 5.76 Å². The molecule has 0 unspecified atom stereocenters. The molecule has 3 heterocycles. The van der Waals surface area contributed by atoms with Crippen molar-refractivity contribution in [2.45, 2.75) is 25.8 Å². The lowest BCUT2D eigenvalue weighted by molar-refractivity contribution is -0.132. The van der Waals surface area contributed by atoms with E-state index in [2.05, 4.69) is 10.4 Å². The van der Waals surface area contributed by atoms with Crippen molar-refractivity contribution in [1.82, 2.24) is 19.2 Å². The molecule has 0 saturated carbocycles. The molecule has 2 aromatic carbocycles. The largest absolute Gasteiger partial charge is 0.496 e. The number of nitrogens with zero attached hydrogens (tertiary/aromatic N) is 4. The topological polar surface area (TPSA) is 112 Å². The molecule has 5 rings (SSSR count). The summed E-state index contributed by atoms with van der Waals surface area (Å²) in [4.78, 5) is 40.1. The van der Waals surface area contributed by atoms with Gasteiger partial charge in [-0.1, -0.05) is 0 Å². The Labute approximate surface area is 207 Å². The zero-order chi connectivity index (χ0) is 25.2. The van der Waals surface area contributed by atoms with Crippen LogP contribution < -0.4 is 15.8 Å². The molecular weight excluding hydrogens is 462 g/mol. The van der Waals surface area contributed by atoms with Crippen LogP contribution >= 0.6 is 0 Å². The molecule has 1 fully saturated rings. The maximum atomic E-state index is 13.1. The molecule has 0 spiro atoms. The second-order valence-corrected chi connectivity index (χ2v) is 8.82. The maximum absolute atomic E-state index is 13.1. The van der Waals surface area contributed by atoms with Crippen molar-refractivity contribution in [1.29, 1.82) is 0 Å². The smallest absolute Gasteiger partial charge is 0.420 e. The average Bonchev–Trinajstić information content (AvgIpc) is 3.46. The van der Waals surface area contributed by atoms with Crippen LogP contribution in [0.4, 0.5) is 5.69 Å². The van der Waals surface area contributed by atoms with E-state index in [1.165, 1.54) is 4.57 Å². The molecule has 1 N–H and O–H groups in total. The van der Waals surface area contributed by atoms with E-state index in [0.29, 0.717) is 52.4 Å². The third-order valence-electron chi connectivity index (χ3n) is 6.38. The van der Waals surface area contributed by atoms with Gasteiger partial charge in [-0.25, -0.2) is 4.79 Å². The molecule has 2 amide bonds. The number of aromatic nitrogens is 3. The number of amides is 2. The molecule has 0 radical (unpaired) electrons. The number of carbonyl (C=O) groups excluding carboxylic acids is 2. The Hall–Kier alpha value is -4.34. The number of anilines is 1. The van der Waals surface area contributed by atoms with Crippen LogP contribution in [0.25, 0.3) is 22.4 Å². The predicted molar refractivity (Wildman–Crippen MR) is 134 cm³/mol. The van der Waals surface area contributed by atoms with E-state index in [0.717, 1.165) is 19.3 Å². The summed E-state index contributed by atoms with van der Waals surface area (Å²) in [5.41, 5.74) is 3.08. The van der Waals surface area contributed by atoms with Gasteiger partial charge in [0.25, 0.3) is 5.91 Å². The second kappa shape index (κ2) is 9.73. The van der Waals surface area contributed by atoms with E-state index in [-0.39, 0.29) is 18.4 Å². The molecule has 4 aromatic rings. The summed E-state index contributed by atoms with van der Waals surface area (Å²) in [5.74, 6) is -0.452. The summed E-state index contributed by atoms with van der Waals surface area (Å²) in [6.07, 6.45) is 4.86. The van der Waals surface area contributed by atoms with Crippen molar-refractivity contribution in [3.05, 3.63) is 64.8 Å². The zero-order valence-electron chi connectivity index (χ0n) is 20.2. The Bertz CT molecular complexity index is 1490. The van der Waals surface area contributed by atoms with Gasteiger partial charge in [0.1, 0.15) is 12.3 Å². The van der Waals surface area contributed by atoms with Crippen molar-refractivity contribution in [3.8, 4) is 17.0 Å². The van der Waals surface area contributed by atoms with Crippen molar-refractivity contribution >= 4 is 28.6 Å². The Kier molecular flexibility index (Phi) is 6.32. The highest BCUT2D eigenvalue weighted by atomic mass is 16.5. The third-order valence-corrected chi connectivity index (χ3v) is 6.38. The molecule has 36 heavy (non-hydrogen) atoms. The SMILES string of the molecule is COc1ccc(C(=O)Nc2ccc3oc(=O)n(CC(=O)N4CCCCC4)c3c2)cc1-c1ccn(C)n1. The normalized spacial score (nSPS) is 13.7. The summed E-state index contributed by atoms with van der Waals surface area (Å²) in [7, 11) is 3.38. The van der Waals surface area contributed by atoms with Crippen LogP contribution in [0.3, 0.4) is 0 Å². The fourth-order valence-electron chi connectivity index (χ4n) is 4.48. The van der Waals surface area contributed by atoms with E-state index in [9.17, 15) is 14.4 Å². The van der Waals surface area contributed by atoms with Crippen molar-refractivity contribution in [3.63, 3.8) is 0 Å². The van der Waals surface area contributed by atoms with E-state index in [1.54, 1.807) is 53.1 Å². The number of ether oxygens (including phenoxy) is 1. The number of methoxy groups -OCH3 is 1. The molecule has 0 bridgehead atoms. The zero-order valence-corrected chi connectivity index (χ0v) is 20.2. The minimum absolute atomic E-state index is 0.102. The van der Waals surface area contributed by atoms with E-state index in [4.69, 9.17) is 9.15 Å². The minimum Gasteiger partial charge on any atom is -0.496 e. The first-order valence-electron chi connectivity index (χ1n) is 11.8. The number of aryl methyl sites for hydroxylation is 1. The lowest BCUT2D eigenvalue weighted by Crippen LogP contribution is -2.39. The summed E-state index contributed by atoms with van der Waals surface area (Å²) in [5, 5.41) is 7.28. The van der Waals surface area contributed by atoms with Crippen LogP contribution in [-0.4, -0.2) is 51.3 Å². The number of oxazole rings is 1. The molecule has 0 atom stereocenters. The standard InChI is InChI=1S/C26H27N5O5/c1-29-13-10-20(28-29)19-14-17(6-8-22(19)35-2)25(33)27-18-7-9-23-21(15-18)31(26(34)36-23)16-24(32)30-11-4-3-5-12-30/h6-10,13-15H,3-5,11-12,16H2,1-2H3,(H,27,33). The first-order valence-corrected chi connectivity index (χ1v) is 11.8. The van der Waals surface area contributed by atoms with Crippen LogP contribution in [0.5, 0.6) is 5.75 Å². The van der Waals surface area contributed by atoms with Crippen molar-refractivity contribution in [2.24, 2.45) is 7.05 Å². The number of benzene rings is 2. The second-order valence-electron chi connectivity index (χ2n) is 8.82. The molecule has 1 aliphatic rings. The fraction of sp³-hybridized carbons (Fsp3) is 0.308. The molecule has 10 heteroatoms. The van der Waals surface area contributed by atoms with Gasteiger partial charge in [0.05, 0.1) is 18.3 Å². The molecular formula is C26H27N5O5. The minimum atomic E-state index is -0.603. The summed E-state index contributed by atoms with van der Waals surface area (Å²) >= 11 is 0. The summed E-state index contributed by atoms with van der Waals surface area (Å²) < 4.78 is 13.8. The highest BCUT2D eigenvalue weighted by Crippen LogP contribution is 2.30. The van der Waals surface area contributed by atoms with E-state index in [1.807, 2.05) is 19.3 Å². The average molecular weight is 490 g/mol. The number of nitrogens with one attached hydrogen (secondary N) is 1. The predicted octanol–water partition coefficient (Wildman–Crippen LogP) is 3.27. The molecule has 10 nitrogen and oxygen atoms in total.